The number of H-pyrrole nitrogens is 1. The maximum Gasteiger partial charge on any atom is 0.0922 e. The molecule has 3 rings (SSSR count). The molecule has 1 spiro atoms. The maximum atomic E-state index is 5.74. The fourth-order valence-electron chi connectivity index (χ4n) is 3.95. The van der Waals surface area contributed by atoms with E-state index in [0.717, 1.165) is 6.54 Å². The van der Waals surface area contributed by atoms with Gasteiger partial charge in [-0.1, -0.05) is 6.42 Å². The van der Waals surface area contributed by atoms with Crippen molar-refractivity contribution in [3.8, 4) is 0 Å². The van der Waals surface area contributed by atoms with Crippen LogP contribution in [0.1, 0.15) is 37.8 Å². The van der Waals surface area contributed by atoms with Crippen molar-refractivity contribution in [2.75, 3.05) is 20.2 Å². The molecule has 4 heteroatoms. The van der Waals surface area contributed by atoms with E-state index >= 15 is 0 Å². The number of aromatic nitrogens is 2. The normalized spacial score (nSPS) is 33.3. The summed E-state index contributed by atoms with van der Waals surface area (Å²) in [6.45, 7) is 3.39. The van der Waals surface area contributed by atoms with Gasteiger partial charge in [0, 0.05) is 37.5 Å². The zero-order valence-corrected chi connectivity index (χ0v) is 11.2. The van der Waals surface area contributed by atoms with Crippen LogP contribution in [-0.2, 0) is 11.3 Å². The van der Waals surface area contributed by atoms with Crippen molar-refractivity contribution >= 4 is 0 Å². The standard InChI is InChI=1S/C14H23N3O/c1-18-13-4-2-5-14(13)6-3-7-17(10-14)9-12-8-15-11-16-12/h8,11,13H,2-7,9-10H2,1H3,(H,15,16)/t13-,14+/m1/s1. The Morgan fingerprint density at radius 1 is 1.50 bits per heavy atom. The lowest BCUT2D eigenvalue weighted by Crippen LogP contribution is -2.47. The molecule has 0 amide bonds. The average Bonchev–Trinajstić information content (AvgIpc) is 3.00. The van der Waals surface area contributed by atoms with Crippen LogP contribution in [0.4, 0.5) is 0 Å². The van der Waals surface area contributed by atoms with E-state index < -0.39 is 0 Å². The summed E-state index contributed by atoms with van der Waals surface area (Å²) in [5.41, 5.74) is 1.64. The van der Waals surface area contributed by atoms with Gasteiger partial charge in [-0.25, -0.2) is 4.98 Å². The third-order valence-corrected chi connectivity index (χ3v) is 4.74. The molecule has 2 aliphatic rings. The van der Waals surface area contributed by atoms with Crippen LogP contribution in [0.2, 0.25) is 0 Å². The van der Waals surface area contributed by atoms with Gasteiger partial charge in [0.1, 0.15) is 0 Å². The summed E-state index contributed by atoms with van der Waals surface area (Å²) in [5.74, 6) is 0. The number of hydrogen-bond acceptors (Lipinski definition) is 3. The van der Waals surface area contributed by atoms with Gasteiger partial charge in [0.05, 0.1) is 12.4 Å². The molecule has 2 atom stereocenters. The van der Waals surface area contributed by atoms with Gasteiger partial charge in [0.2, 0.25) is 0 Å². The molecule has 1 saturated carbocycles. The van der Waals surface area contributed by atoms with Crippen LogP contribution in [0.3, 0.4) is 0 Å². The monoisotopic (exact) mass is 249 g/mol. The minimum Gasteiger partial charge on any atom is -0.381 e. The van der Waals surface area contributed by atoms with Crippen LogP contribution in [0.5, 0.6) is 0 Å². The molecule has 0 aromatic carbocycles. The number of methoxy groups -OCH3 is 1. The van der Waals surface area contributed by atoms with Gasteiger partial charge in [-0.05, 0) is 32.2 Å². The van der Waals surface area contributed by atoms with E-state index in [-0.39, 0.29) is 0 Å². The van der Waals surface area contributed by atoms with Gasteiger partial charge in [0.15, 0.2) is 0 Å². The lowest BCUT2D eigenvalue weighted by atomic mass is 9.76. The molecule has 4 nitrogen and oxygen atoms in total. The Hall–Kier alpha value is -0.870. The van der Waals surface area contributed by atoms with Crippen molar-refractivity contribution in [2.24, 2.45) is 5.41 Å². The largest absolute Gasteiger partial charge is 0.381 e. The fraction of sp³-hybridized carbons (Fsp3) is 0.786. The Kier molecular flexibility index (Phi) is 3.39. The summed E-state index contributed by atoms with van der Waals surface area (Å²) in [7, 11) is 1.88. The zero-order chi connectivity index (χ0) is 12.4. The molecule has 2 heterocycles. The van der Waals surface area contributed by atoms with E-state index in [1.54, 1.807) is 6.33 Å². The molecular formula is C14H23N3O. The van der Waals surface area contributed by atoms with Gasteiger partial charge in [-0.2, -0.15) is 0 Å². The van der Waals surface area contributed by atoms with Crippen LogP contribution < -0.4 is 0 Å². The van der Waals surface area contributed by atoms with E-state index in [4.69, 9.17) is 4.74 Å². The van der Waals surface area contributed by atoms with E-state index in [9.17, 15) is 0 Å². The first-order chi connectivity index (χ1) is 8.82. The number of ether oxygens (including phenoxy) is 1. The highest BCUT2D eigenvalue weighted by atomic mass is 16.5. The summed E-state index contributed by atoms with van der Waals surface area (Å²) < 4.78 is 5.74. The van der Waals surface area contributed by atoms with E-state index in [1.165, 1.54) is 50.9 Å². The Morgan fingerprint density at radius 3 is 3.17 bits per heavy atom. The first-order valence-electron chi connectivity index (χ1n) is 7.05. The number of rotatable bonds is 3. The molecule has 100 valence electrons. The number of piperidine rings is 1. The first kappa shape index (κ1) is 12.2. The second kappa shape index (κ2) is 5.02. The molecule has 2 fully saturated rings. The number of imidazole rings is 1. The van der Waals surface area contributed by atoms with Gasteiger partial charge in [-0.15, -0.1) is 0 Å². The number of aromatic amines is 1. The third kappa shape index (κ3) is 2.19. The van der Waals surface area contributed by atoms with Crippen molar-refractivity contribution in [1.29, 1.82) is 0 Å². The van der Waals surface area contributed by atoms with Gasteiger partial charge in [0.25, 0.3) is 0 Å². The molecule has 1 aliphatic heterocycles. The molecule has 1 aromatic rings. The highest BCUT2D eigenvalue weighted by Gasteiger charge is 2.45. The van der Waals surface area contributed by atoms with Crippen molar-refractivity contribution in [1.82, 2.24) is 14.9 Å². The molecule has 1 aromatic heterocycles. The summed E-state index contributed by atoms with van der Waals surface area (Å²) in [6, 6.07) is 0. The van der Waals surface area contributed by atoms with Gasteiger partial charge in [-0.3, -0.25) is 4.90 Å². The number of likely N-dealkylation sites (tertiary alicyclic amines) is 1. The van der Waals surface area contributed by atoms with E-state index in [0.29, 0.717) is 11.5 Å². The smallest absolute Gasteiger partial charge is 0.0922 e. The second-order valence-electron chi connectivity index (χ2n) is 5.87. The minimum atomic E-state index is 0.424. The molecule has 18 heavy (non-hydrogen) atoms. The average molecular weight is 249 g/mol. The van der Waals surface area contributed by atoms with Crippen molar-refractivity contribution < 1.29 is 4.74 Å². The van der Waals surface area contributed by atoms with Crippen LogP contribution in [0.15, 0.2) is 12.5 Å². The van der Waals surface area contributed by atoms with Crippen LogP contribution in [0, 0.1) is 5.41 Å². The Balaban J connectivity index is 1.68. The Bertz CT molecular complexity index is 378. The third-order valence-electron chi connectivity index (χ3n) is 4.74. The van der Waals surface area contributed by atoms with E-state index in [2.05, 4.69) is 14.9 Å². The fourth-order valence-corrected chi connectivity index (χ4v) is 3.95. The van der Waals surface area contributed by atoms with Gasteiger partial charge < -0.3 is 9.72 Å². The molecule has 1 aliphatic carbocycles. The zero-order valence-electron chi connectivity index (χ0n) is 11.2. The maximum absolute atomic E-state index is 5.74. The highest BCUT2D eigenvalue weighted by Crippen LogP contribution is 2.46. The Morgan fingerprint density at radius 2 is 2.39 bits per heavy atom. The molecule has 0 radical (unpaired) electrons. The summed E-state index contributed by atoms with van der Waals surface area (Å²) in [5, 5.41) is 0. The molecule has 1 N–H and O–H groups in total. The Labute approximate surface area is 109 Å². The number of nitrogens with one attached hydrogen (secondary N) is 1. The topological polar surface area (TPSA) is 41.1 Å². The lowest BCUT2D eigenvalue weighted by Gasteiger charge is -2.43. The number of nitrogens with zero attached hydrogens (tertiary/aromatic N) is 2. The predicted octanol–water partition coefficient (Wildman–Crippen LogP) is 2.19. The highest BCUT2D eigenvalue weighted by molar-refractivity contribution is 5.00. The first-order valence-corrected chi connectivity index (χ1v) is 7.05. The summed E-state index contributed by atoms with van der Waals surface area (Å²) in [4.78, 5) is 9.87. The van der Waals surface area contributed by atoms with Crippen molar-refractivity contribution in [3.05, 3.63) is 18.2 Å². The molecular weight excluding hydrogens is 226 g/mol. The quantitative estimate of drug-likeness (QED) is 0.892. The molecule has 0 unspecified atom stereocenters. The molecule has 1 saturated heterocycles. The van der Waals surface area contributed by atoms with Crippen molar-refractivity contribution in [3.63, 3.8) is 0 Å². The second-order valence-corrected chi connectivity index (χ2v) is 5.87. The summed E-state index contributed by atoms with van der Waals surface area (Å²) in [6.07, 6.45) is 10.7. The van der Waals surface area contributed by atoms with Gasteiger partial charge >= 0.3 is 0 Å². The molecule has 0 bridgehead atoms. The van der Waals surface area contributed by atoms with E-state index in [1.807, 2.05) is 13.3 Å². The number of hydrogen-bond donors (Lipinski definition) is 1. The SMILES string of the molecule is CO[C@@H]1CCC[C@@]12CCCN(Cc1cnc[nH]1)C2. The van der Waals surface area contributed by atoms with Crippen LogP contribution in [0.25, 0.3) is 0 Å². The summed E-state index contributed by atoms with van der Waals surface area (Å²) >= 11 is 0. The van der Waals surface area contributed by atoms with Crippen LogP contribution in [-0.4, -0.2) is 41.2 Å². The predicted molar refractivity (Wildman–Crippen MR) is 70.2 cm³/mol. The van der Waals surface area contributed by atoms with Crippen molar-refractivity contribution in [2.45, 2.75) is 44.8 Å². The lowest BCUT2D eigenvalue weighted by molar-refractivity contribution is -0.0368. The van der Waals surface area contributed by atoms with Crippen LogP contribution >= 0.6 is 0 Å². The minimum absolute atomic E-state index is 0.424.